The summed E-state index contributed by atoms with van der Waals surface area (Å²) in [7, 11) is 0. The average Bonchev–Trinajstić information content (AvgIpc) is 2.77. The Morgan fingerprint density at radius 3 is 2.61 bits per heavy atom. The number of nitrogens with zero attached hydrogens (tertiary/aromatic N) is 2. The zero-order chi connectivity index (χ0) is 17.1. The monoisotopic (exact) mass is 320 g/mol. The van der Waals surface area contributed by atoms with Gasteiger partial charge in [-0.2, -0.15) is 0 Å². The third kappa shape index (κ3) is 2.93. The lowest BCUT2D eigenvalue weighted by atomic mass is 9.95. The second-order valence-electron chi connectivity index (χ2n) is 5.11. The quantitative estimate of drug-likeness (QED) is 0.601. The summed E-state index contributed by atoms with van der Waals surface area (Å²) in [6.45, 7) is 1.06. The fourth-order valence-corrected chi connectivity index (χ4v) is 2.69. The Hall–Kier alpha value is -2.74. The van der Waals surface area contributed by atoms with Crippen LogP contribution in [0.4, 0.5) is 5.69 Å². The summed E-state index contributed by atoms with van der Waals surface area (Å²) in [4.78, 5) is 35.9. The highest BCUT2D eigenvalue weighted by molar-refractivity contribution is 6.08. The van der Waals surface area contributed by atoms with Crippen molar-refractivity contribution in [3.05, 3.63) is 51.3 Å². The van der Waals surface area contributed by atoms with E-state index in [4.69, 9.17) is 5.11 Å². The van der Waals surface area contributed by atoms with Crippen LogP contribution in [0.5, 0.6) is 0 Å². The van der Waals surface area contributed by atoms with Crippen LogP contribution in [-0.2, 0) is 9.59 Å². The van der Waals surface area contributed by atoms with Crippen molar-refractivity contribution in [3.8, 4) is 0 Å². The van der Waals surface area contributed by atoms with Gasteiger partial charge in [0.25, 0.3) is 11.6 Å². The van der Waals surface area contributed by atoms with Gasteiger partial charge in [0.15, 0.2) is 11.5 Å². The third-order valence-corrected chi connectivity index (χ3v) is 3.67. The smallest absolute Gasteiger partial charge is 0.290 e. The largest absolute Gasteiger partial charge is 0.503 e. The van der Waals surface area contributed by atoms with E-state index in [0.29, 0.717) is 0 Å². The number of hydrogen-bond acceptors (Lipinski definition) is 6. The van der Waals surface area contributed by atoms with E-state index < -0.39 is 28.4 Å². The van der Waals surface area contributed by atoms with Crippen LogP contribution in [0.25, 0.3) is 0 Å². The number of benzene rings is 1. The van der Waals surface area contributed by atoms with E-state index in [0.717, 1.165) is 0 Å². The van der Waals surface area contributed by atoms with Crippen molar-refractivity contribution in [1.82, 2.24) is 4.90 Å². The van der Waals surface area contributed by atoms with Crippen molar-refractivity contribution < 1.29 is 24.7 Å². The van der Waals surface area contributed by atoms with Gasteiger partial charge in [0.1, 0.15) is 0 Å². The number of para-hydroxylation sites is 1. The second-order valence-corrected chi connectivity index (χ2v) is 5.11. The number of carbonyl (C=O) groups is 2. The first-order chi connectivity index (χ1) is 10.9. The van der Waals surface area contributed by atoms with Gasteiger partial charge in [-0.05, 0) is 19.4 Å². The van der Waals surface area contributed by atoms with Crippen LogP contribution in [0.3, 0.4) is 0 Å². The van der Waals surface area contributed by atoms with E-state index in [2.05, 4.69) is 0 Å². The summed E-state index contributed by atoms with van der Waals surface area (Å²) in [6, 6.07) is 4.73. The first-order valence-corrected chi connectivity index (χ1v) is 6.99. The zero-order valence-corrected chi connectivity index (χ0v) is 12.4. The molecular weight excluding hydrogens is 304 g/mol. The number of nitro benzene ring substituents is 1. The molecule has 1 aromatic rings. The molecule has 0 bridgehead atoms. The molecule has 0 saturated carbocycles. The van der Waals surface area contributed by atoms with Crippen LogP contribution >= 0.6 is 0 Å². The van der Waals surface area contributed by atoms with E-state index >= 15 is 0 Å². The zero-order valence-electron chi connectivity index (χ0n) is 12.4. The molecule has 0 aliphatic carbocycles. The molecule has 0 spiro atoms. The predicted molar refractivity (Wildman–Crippen MR) is 79.6 cm³/mol. The molecule has 1 heterocycles. The van der Waals surface area contributed by atoms with Gasteiger partial charge in [-0.25, -0.2) is 0 Å². The molecular formula is C15H16N2O6. The topological polar surface area (TPSA) is 121 Å². The number of carbonyl (C=O) groups excluding carboxylic acids is 2. The van der Waals surface area contributed by atoms with Gasteiger partial charge in [-0.3, -0.25) is 19.7 Å². The molecule has 0 radical (unpaired) electrons. The number of hydrogen-bond donors (Lipinski definition) is 2. The van der Waals surface area contributed by atoms with Gasteiger partial charge in [0, 0.05) is 19.2 Å². The molecule has 8 nitrogen and oxygen atoms in total. The van der Waals surface area contributed by atoms with E-state index in [9.17, 15) is 24.8 Å². The summed E-state index contributed by atoms with van der Waals surface area (Å²) in [6.07, 6.45) is 0.224. The number of Topliss-reactive ketones (excluding diaryl/α,β-unsaturated/α-hetero) is 1. The summed E-state index contributed by atoms with van der Waals surface area (Å²) >= 11 is 0. The van der Waals surface area contributed by atoms with Gasteiger partial charge in [-0.1, -0.05) is 12.1 Å². The van der Waals surface area contributed by atoms with Crippen LogP contribution in [-0.4, -0.2) is 44.9 Å². The minimum atomic E-state index is -1.03. The van der Waals surface area contributed by atoms with Gasteiger partial charge in [0.2, 0.25) is 0 Å². The van der Waals surface area contributed by atoms with Crippen molar-refractivity contribution in [1.29, 1.82) is 0 Å². The minimum absolute atomic E-state index is 0.0624. The van der Waals surface area contributed by atoms with Crippen LogP contribution in [0.1, 0.15) is 24.9 Å². The molecule has 2 rings (SSSR count). The van der Waals surface area contributed by atoms with Gasteiger partial charge in [-0.15, -0.1) is 0 Å². The normalized spacial score (nSPS) is 17.7. The molecule has 1 unspecified atom stereocenters. The lowest BCUT2D eigenvalue weighted by Crippen LogP contribution is -2.32. The standard InChI is InChI=1S/C15H16N2O6/c1-9(19)12-13(10-5-2-3-6-11(10)17(22)23)16(7-4-8-18)15(21)14(12)20/h2-3,5-6,13,18,20H,4,7-8H2,1H3. The first-order valence-electron chi connectivity index (χ1n) is 6.99. The Kier molecular flexibility index (Phi) is 4.75. The number of nitro groups is 1. The van der Waals surface area contributed by atoms with E-state index in [1.54, 1.807) is 6.07 Å². The molecule has 8 heteroatoms. The van der Waals surface area contributed by atoms with Crippen molar-refractivity contribution in [2.75, 3.05) is 13.2 Å². The van der Waals surface area contributed by atoms with Crippen LogP contribution < -0.4 is 0 Å². The summed E-state index contributed by atoms with van der Waals surface area (Å²) in [5, 5.41) is 30.2. The predicted octanol–water partition coefficient (Wildman–Crippen LogP) is 1.26. The number of ketones is 1. The highest BCUT2D eigenvalue weighted by Gasteiger charge is 2.44. The fourth-order valence-electron chi connectivity index (χ4n) is 2.69. The maximum atomic E-state index is 12.2. The number of aliphatic hydroxyl groups excluding tert-OH is 2. The maximum absolute atomic E-state index is 12.2. The van der Waals surface area contributed by atoms with Gasteiger partial charge >= 0.3 is 0 Å². The first kappa shape index (κ1) is 16.6. The number of amides is 1. The highest BCUT2D eigenvalue weighted by atomic mass is 16.6. The van der Waals surface area contributed by atoms with Crippen LogP contribution in [0.2, 0.25) is 0 Å². The Labute approximate surface area is 131 Å². The molecule has 2 N–H and O–H groups in total. The molecule has 1 aromatic carbocycles. The summed E-state index contributed by atoms with van der Waals surface area (Å²) in [5.74, 6) is -2.00. The molecule has 23 heavy (non-hydrogen) atoms. The van der Waals surface area contributed by atoms with Gasteiger partial charge in [0.05, 0.1) is 22.1 Å². The molecule has 122 valence electrons. The molecule has 1 atom stereocenters. The lowest BCUT2D eigenvalue weighted by molar-refractivity contribution is -0.385. The molecule has 0 saturated heterocycles. The molecule has 0 fully saturated rings. The van der Waals surface area contributed by atoms with Crippen LogP contribution in [0.15, 0.2) is 35.6 Å². The number of rotatable bonds is 6. The summed E-state index contributed by atoms with van der Waals surface area (Å²) in [5.41, 5.74) is -0.256. The molecule has 1 aliphatic heterocycles. The maximum Gasteiger partial charge on any atom is 0.290 e. The van der Waals surface area contributed by atoms with E-state index in [1.165, 1.54) is 30.0 Å². The Morgan fingerprint density at radius 2 is 2.04 bits per heavy atom. The fraction of sp³-hybridized carbons (Fsp3) is 0.333. The van der Waals surface area contributed by atoms with Gasteiger partial charge < -0.3 is 15.1 Å². The minimum Gasteiger partial charge on any atom is -0.503 e. The Balaban J connectivity index is 2.60. The summed E-state index contributed by atoms with van der Waals surface area (Å²) < 4.78 is 0. The Bertz CT molecular complexity index is 697. The lowest BCUT2D eigenvalue weighted by Gasteiger charge is -2.26. The van der Waals surface area contributed by atoms with Crippen LogP contribution in [0, 0.1) is 10.1 Å². The molecule has 1 aliphatic rings. The van der Waals surface area contributed by atoms with Crippen molar-refractivity contribution in [2.24, 2.45) is 0 Å². The second kappa shape index (κ2) is 6.57. The van der Waals surface area contributed by atoms with E-state index in [1.807, 2.05) is 0 Å². The molecule has 0 aromatic heterocycles. The molecule has 1 amide bonds. The Morgan fingerprint density at radius 1 is 1.39 bits per heavy atom. The van der Waals surface area contributed by atoms with Crippen molar-refractivity contribution >= 4 is 17.4 Å². The SMILES string of the molecule is CC(=O)C1=C(O)C(=O)N(CCCO)C1c1ccccc1[N+](=O)[O-]. The average molecular weight is 320 g/mol. The highest BCUT2D eigenvalue weighted by Crippen LogP contribution is 2.41. The van der Waals surface area contributed by atoms with Crippen molar-refractivity contribution in [2.45, 2.75) is 19.4 Å². The van der Waals surface area contributed by atoms with Crippen molar-refractivity contribution in [3.63, 3.8) is 0 Å². The number of aliphatic hydroxyl groups is 2. The van der Waals surface area contributed by atoms with E-state index in [-0.39, 0.29) is 36.4 Å². The third-order valence-electron chi connectivity index (χ3n) is 3.67.